The first kappa shape index (κ1) is 38.9. The Morgan fingerprint density at radius 3 is 2.37 bits per heavy atom. The number of nitrogens with zero attached hydrogens (tertiary/aromatic N) is 2. The fraction of sp³-hybridized carbons (Fsp3) is 0.512. The smallest absolute Gasteiger partial charge is 0.313 e. The van der Waals surface area contributed by atoms with Gasteiger partial charge in [-0.05, 0) is 57.6 Å². The van der Waals surface area contributed by atoms with Gasteiger partial charge >= 0.3 is 5.97 Å². The first-order chi connectivity index (χ1) is 24.9. The summed E-state index contributed by atoms with van der Waals surface area (Å²) in [4.78, 5) is 60.4. The third kappa shape index (κ3) is 7.72. The Kier molecular flexibility index (Phi) is 12.4. The van der Waals surface area contributed by atoms with Gasteiger partial charge in [-0.25, -0.2) is 0 Å². The number of amides is 3. The molecule has 0 unspecified atom stereocenters. The summed E-state index contributed by atoms with van der Waals surface area (Å²) in [6.07, 6.45) is 3.49. The number of aliphatic hydroxyl groups excluding tert-OH is 1. The zero-order valence-corrected chi connectivity index (χ0v) is 30.7. The minimum absolute atomic E-state index is 0.0531. The molecule has 11 heteroatoms. The number of carbonyl (C=O) groups is 4. The van der Waals surface area contributed by atoms with Crippen LogP contribution < -0.4 is 5.32 Å². The van der Waals surface area contributed by atoms with Crippen molar-refractivity contribution in [1.82, 2.24) is 15.1 Å². The van der Waals surface area contributed by atoms with Crippen LogP contribution in [0.2, 0.25) is 0 Å². The number of ether oxygens (including phenoxy) is 3. The maximum absolute atomic E-state index is 14.9. The Morgan fingerprint density at radius 2 is 1.77 bits per heavy atom. The van der Waals surface area contributed by atoms with Crippen LogP contribution in [0.3, 0.4) is 0 Å². The monoisotopic (exact) mass is 715 g/mol. The highest BCUT2D eigenvalue weighted by Gasteiger charge is 2.76. The largest absolute Gasteiger partial charge is 0.455 e. The molecular formula is C41H53N3O8. The number of likely N-dealkylation sites (tertiary alicyclic amines) is 1. The van der Waals surface area contributed by atoms with Crippen molar-refractivity contribution in [3.63, 3.8) is 0 Å². The highest BCUT2D eigenvalue weighted by atomic mass is 16.6. The molecule has 0 aromatic heterocycles. The molecule has 2 bridgehead atoms. The van der Waals surface area contributed by atoms with E-state index in [-0.39, 0.29) is 31.4 Å². The van der Waals surface area contributed by atoms with Crippen molar-refractivity contribution in [2.24, 2.45) is 11.8 Å². The minimum Gasteiger partial charge on any atom is -0.455 e. The normalized spacial score (nSPS) is 25.2. The minimum atomic E-state index is -1.32. The Balaban J connectivity index is 1.54. The van der Waals surface area contributed by atoms with Gasteiger partial charge in [0.15, 0.2) is 0 Å². The summed E-state index contributed by atoms with van der Waals surface area (Å²) in [6.45, 7) is 13.2. The average molecular weight is 716 g/mol. The highest BCUT2D eigenvalue weighted by molar-refractivity contribution is 5.98. The first-order valence-electron chi connectivity index (χ1n) is 18.1. The summed E-state index contributed by atoms with van der Waals surface area (Å²) in [7, 11) is 1.50. The van der Waals surface area contributed by atoms with E-state index in [1.54, 1.807) is 17.1 Å². The molecule has 280 valence electrons. The predicted molar refractivity (Wildman–Crippen MR) is 196 cm³/mol. The Hall–Kier alpha value is -4.32. The van der Waals surface area contributed by atoms with Crippen molar-refractivity contribution in [2.75, 3.05) is 26.9 Å². The van der Waals surface area contributed by atoms with E-state index >= 15 is 0 Å². The van der Waals surface area contributed by atoms with Gasteiger partial charge in [0.2, 0.25) is 17.7 Å². The van der Waals surface area contributed by atoms with Crippen LogP contribution in [0.25, 0.3) is 0 Å². The van der Waals surface area contributed by atoms with E-state index < -0.39 is 71.8 Å². The molecule has 3 aliphatic rings. The number of esters is 1. The molecule has 11 nitrogen and oxygen atoms in total. The van der Waals surface area contributed by atoms with E-state index in [1.165, 1.54) is 12.0 Å². The van der Waals surface area contributed by atoms with Crippen LogP contribution in [-0.2, 0) is 39.8 Å². The summed E-state index contributed by atoms with van der Waals surface area (Å²) in [5.41, 5.74) is -0.418. The Morgan fingerprint density at radius 1 is 1.10 bits per heavy atom. The maximum Gasteiger partial charge on any atom is 0.313 e. The lowest BCUT2D eigenvalue weighted by atomic mass is 9.70. The molecule has 0 aliphatic carbocycles. The Bertz CT molecular complexity index is 1590. The number of methoxy groups -OCH3 is 1. The summed E-state index contributed by atoms with van der Waals surface area (Å²) in [6, 6.07) is 16.0. The fourth-order valence-corrected chi connectivity index (χ4v) is 8.27. The molecule has 3 amide bonds. The third-order valence-electron chi connectivity index (χ3n) is 10.6. The van der Waals surface area contributed by atoms with Gasteiger partial charge < -0.3 is 34.4 Å². The molecule has 3 heterocycles. The number of hydrogen-bond acceptors (Lipinski definition) is 8. The topological polar surface area (TPSA) is 135 Å². The van der Waals surface area contributed by atoms with Crippen LogP contribution in [0.15, 0.2) is 86.0 Å². The van der Waals surface area contributed by atoms with Crippen molar-refractivity contribution in [2.45, 2.75) is 94.3 Å². The highest BCUT2D eigenvalue weighted by Crippen LogP contribution is 2.59. The number of nitrogens with one attached hydrogen (secondary N) is 1. The standard InChI is InChI=1S/C41H53N3O8/c1-7-9-20-32(46)42-30(26-50-6)35(28-18-14-11-15-19-28)51-39(49)33-31-21-22-41(52-31)34(33)37(47)44(29(25-45)24-27-16-12-10-13-17-27)36(41)38(48)43(23-8-2)40(3,4)5/h7-8,10-19,29-31,33-36,45H,1-2,9,20-26H2,3-6H3,(H,42,46)/t29-,30+,31+,33-,34-,35+,36+,41-/m1/s1. The lowest BCUT2D eigenvalue weighted by Crippen LogP contribution is -2.61. The number of rotatable bonds is 17. The number of hydrogen-bond donors (Lipinski definition) is 2. The van der Waals surface area contributed by atoms with Crippen molar-refractivity contribution in [3.05, 3.63) is 97.1 Å². The molecular weight excluding hydrogens is 662 g/mol. The van der Waals surface area contributed by atoms with Crippen LogP contribution in [0.5, 0.6) is 0 Å². The van der Waals surface area contributed by atoms with E-state index in [4.69, 9.17) is 14.2 Å². The zero-order chi connectivity index (χ0) is 37.6. The number of benzene rings is 2. The van der Waals surface area contributed by atoms with Crippen LogP contribution in [0.4, 0.5) is 0 Å². The summed E-state index contributed by atoms with van der Waals surface area (Å²) < 4.78 is 18.5. The third-order valence-corrected chi connectivity index (χ3v) is 10.6. The van der Waals surface area contributed by atoms with E-state index in [9.17, 15) is 24.3 Å². The lowest BCUT2D eigenvalue weighted by molar-refractivity contribution is -0.163. The number of fused-ring (bicyclic) bond motifs is 1. The second kappa shape index (κ2) is 16.6. The van der Waals surface area contributed by atoms with Crippen molar-refractivity contribution >= 4 is 23.7 Å². The number of allylic oxidation sites excluding steroid dienone is 1. The molecule has 2 N–H and O–H groups in total. The summed E-state index contributed by atoms with van der Waals surface area (Å²) in [5, 5.41) is 13.8. The van der Waals surface area contributed by atoms with Gasteiger partial charge in [-0.3, -0.25) is 19.2 Å². The van der Waals surface area contributed by atoms with E-state index in [0.29, 0.717) is 31.2 Å². The van der Waals surface area contributed by atoms with Gasteiger partial charge in [0.1, 0.15) is 17.7 Å². The second-order valence-corrected chi connectivity index (χ2v) is 15.0. The van der Waals surface area contributed by atoms with Crippen LogP contribution in [0.1, 0.15) is 63.7 Å². The van der Waals surface area contributed by atoms with Gasteiger partial charge in [-0.2, -0.15) is 0 Å². The Labute approximate surface area is 307 Å². The quantitative estimate of drug-likeness (QED) is 0.184. The summed E-state index contributed by atoms with van der Waals surface area (Å²) in [5.74, 6) is -3.70. The molecule has 1 spiro atoms. The molecule has 52 heavy (non-hydrogen) atoms. The average Bonchev–Trinajstić information content (AvgIpc) is 3.78. The van der Waals surface area contributed by atoms with Gasteiger partial charge in [-0.15, -0.1) is 13.2 Å². The van der Waals surface area contributed by atoms with Gasteiger partial charge in [0.25, 0.3) is 0 Å². The zero-order valence-electron chi connectivity index (χ0n) is 30.7. The number of aliphatic hydroxyl groups is 1. The van der Waals surface area contributed by atoms with E-state index in [2.05, 4.69) is 18.5 Å². The lowest BCUT2D eigenvalue weighted by Gasteiger charge is -2.43. The van der Waals surface area contributed by atoms with Crippen LogP contribution >= 0.6 is 0 Å². The van der Waals surface area contributed by atoms with Gasteiger partial charge in [0, 0.05) is 25.6 Å². The maximum atomic E-state index is 14.9. The summed E-state index contributed by atoms with van der Waals surface area (Å²) >= 11 is 0. The number of carbonyl (C=O) groups excluding carboxylic acids is 4. The van der Waals surface area contributed by atoms with Crippen LogP contribution in [-0.4, -0.2) is 101 Å². The van der Waals surface area contributed by atoms with E-state index in [1.807, 2.05) is 81.4 Å². The van der Waals surface area contributed by atoms with Gasteiger partial charge in [-0.1, -0.05) is 72.8 Å². The second-order valence-electron chi connectivity index (χ2n) is 15.0. The first-order valence-corrected chi connectivity index (χ1v) is 18.1. The van der Waals surface area contributed by atoms with Crippen molar-refractivity contribution in [1.29, 1.82) is 0 Å². The fourth-order valence-electron chi connectivity index (χ4n) is 8.27. The molecule has 2 aromatic carbocycles. The molecule has 8 atom stereocenters. The molecule has 2 aromatic rings. The van der Waals surface area contributed by atoms with Crippen molar-refractivity contribution < 1.29 is 38.5 Å². The van der Waals surface area contributed by atoms with Crippen molar-refractivity contribution in [3.8, 4) is 0 Å². The molecule has 0 radical (unpaired) electrons. The predicted octanol–water partition coefficient (Wildman–Crippen LogP) is 4.16. The molecule has 3 fully saturated rings. The molecule has 5 rings (SSSR count). The molecule has 3 saturated heterocycles. The SMILES string of the molecule is C=CCCC(=O)N[C@@H](COC)[C@@H](OC(=O)[C@@H]1[C@@H]2CC[C@]3(O2)[C@H](C(=O)N(CC=C)C(C)(C)C)N([C@@H](CO)Cc2ccccc2)C(=O)[C@@H]13)c1ccccc1. The molecule has 3 aliphatic heterocycles. The van der Waals surface area contributed by atoms with Crippen LogP contribution in [0, 0.1) is 11.8 Å². The van der Waals surface area contributed by atoms with Gasteiger partial charge in [0.05, 0.1) is 43.2 Å². The van der Waals surface area contributed by atoms with E-state index in [0.717, 1.165) is 5.56 Å². The molecule has 0 saturated carbocycles.